The summed E-state index contributed by atoms with van der Waals surface area (Å²) >= 11 is 3.33. The van der Waals surface area contributed by atoms with Crippen LogP contribution in [-0.4, -0.2) is 9.67 Å². The molecule has 0 radical (unpaired) electrons. The summed E-state index contributed by atoms with van der Waals surface area (Å²) in [4.78, 5) is 12.1. The largest absolute Gasteiger partial charge is 0.493 e. The van der Waals surface area contributed by atoms with Gasteiger partial charge in [0.1, 0.15) is 11.6 Å². The van der Waals surface area contributed by atoms with Gasteiger partial charge in [0.25, 0.3) is 5.56 Å². The Bertz CT molecular complexity index is 834. The van der Waals surface area contributed by atoms with E-state index >= 15 is 0 Å². The van der Waals surface area contributed by atoms with Crippen LogP contribution >= 0.6 is 15.9 Å². The Morgan fingerprint density at radius 3 is 2.62 bits per heavy atom. The van der Waals surface area contributed by atoms with Gasteiger partial charge in [0, 0.05) is 17.1 Å². The van der Waals surface area contributed by atoms with Crippen LogP contribution in [-0.2, 0) is 7.05 Å². The molecule has 0 amide bonds. The molecule has 21 heavy (non-hydrogen) atoms. The lowest BCUT2D eigenvalue weighted by Crippen LogP contribution is -2.18. The molecule has 0 saturated heterocycles. The number of benzene rings is 1. The highest BCUT2D eigenvalue weighted by Gasteiger charge is 2.16. The number of hydrogen-bond donors (Lipinski definition) is 1. The van der Waals surface area contributed by atoms with Crippen LogP contribution in [0.2, 0.25) is 0 Å². The van der Waals surface area contributed by atoms with Crippen molar-refractivity contribution in [3.8, 4) is 11.9 Å². The highest BCUT2D eigenvalue weighted by molar-refractivity contribution is 9.10. The number of aromatic hydroxyl groups is 1. The molecule has 0 aliphatic heterocycles. The van der Waals surface area contributed by atoms with Crippen molar-refractivity contribution in [1.29, 1.82) is 5.26 Å². The van der Waals surface area contributed by atoms with E-state index in [-0.39, 0.29) is 17.1 Å². The van der Waals surface area contributed by atoms with Crippen LogP contribution in [0.1, 0.15) is 11.1 Å². The Kier molecular flexibility index (Phi) is 4.19. The summed E-state index contributed by atoms with van der Waals surface area (Å²) in [7, 11) is 1.37. The lowest BCUT2D eigenvalue weighted by Gasteiger charge is -2.08. The van der Waals surface area contributed by atoms with Crippen molar-refractivity contribution in [1.82, 2.24) is 4.57 Å². The average Bonchev–Trinajstić information content (AvgIpc) is 2.47. The topological polar surface area (TPSA) is 90.7 Å². The van der Waals surface area contributed by atoms with Crippen molar-refractivity contribution in [3.63, 3.8) is 0 Å². The highest BCUT2D eigenvalue weighted by Crippen LogP contribution is 2.28. The molecule has 0 spiro atoms. The Hall–Kier alpha value is -2.46. The monoisotopic (exact) mass is 346 g/mol. The van der Waals surface area contributed by atoms with Crippen molar-refractivity contribution in [2.45, 2.75) is 6.92 Å². The van der Waals surface area contributed by atoms with Crippen LogP contribution in [0, 0.1) is 18.3 Å². The molecule has 2 rings (SSSR count). The van der Waals surface area contributed by atoms with E-state index in [1.807, 2.05) is 12.1 Å². The van der Waals surface area contributed by atoms with Gasteiger partial charge in [-0.1, -0.05) is 12.1 Å². The number of pyridine rings is 1. The van der Waals surface area contributed by atoms with E-state index in [1.165, 1.54) is 7.05 Å². The molecule has 0 saturated carbocycles. The van der Waals surface area contributed by atoms with Gasteiger partial charge >= 0.3 is 0 Å². The average molecular weight is 347 g/mol. The first-order valence-corrected chi connectivity index (χ1v) is 6.75. The van der Waals surface area contributed by atoms with E-state index in [0.29, 0.717) is 11.3 Å². The molecule has 0 unspecified atom stereocenters. The van der Waals surface area contributed by atoms with Crippen LogP contribution in [0.15, 0.2) is 43.8 Å². The van der Waals surface area contributed by atoms with Gasteiger partial charge in [0.15, 0.2) is 5.69 Å². The van der Waals surface area contributed by atoms with Gasteiger partial charge in [-0.05, 0) is 35.0 Å². The van der Waals surface area contributed by atoms with Gasteiger partial charge in [-0.3, -0.25) is 9.36 Å². The van der Waals surface area contributed by atoms with Crippen molar-refractivity contribution in [3.05, 3.63) is 50.2 Å². The first-order chi connectivity index (χ1) is 9.97. The maximum absolute atomic E-state index is 12.1. The molecular formula is C14H11BrN4O2. The SMILES string of the molecule is Cc1c(C#N)c(O)n(C)c(=O)c1N=Nc1ccccc1Br. The predicted octanol–water partition coefficient (Wildman–Crippen LogP) is 3.45. The van der Waals surface area contributed by atoms with Gasteiger partial charge in [-0.2, -0.15) is 5.26 Å². The van der Waals surface area contributed by atoms with Crippen LogP contribution in [0.25, 0.3) is 0 Å². The first kappa shape index (κ1) is 14.9. The second kappa shape index (κ2) is 5.89. The van der Waals surface area contributed by atoms with Crippen molar-refractivity contribution >= 4 is 27.3 Å². The molecule has 0 aliphatic rings. The number of rotatable bonds is 2. The van der Waals surface area contributed by atoms with Gasteiger partial charge in [-0.15, -0.1) is 10.2 Å². The fourth-order valence-electron chi connectivity index (χ4n) is 1.76. The number of aromatic nitrogens is 1. The smallest absolute Gasteiger partial charge is 0.281 e. The third-order valence-corrected chi connectivity index (χ3v) is 3.67. The zero-order chi connectivity index (χ0) is 15.6. The van der Waals surface area contributed by atoms with E-state index in [4.69, 9.17) is 5.26 Å². The minimum absolute atomic E-state index is 0.0122. The Labute approximate surface area is 129 Å². The summed E-state index contributed by atoms with van der Waals surface area (Å²) in [5, 5.41) is 26.8. The highest BCUT2D eigenvalue weighted by atomic mass is 79.9. The number of azo groups is 1. The fraction of sp³-hybridized carbons (Fsp3) is 0.143. The predicted molar refractivity (Wildman–Crippen MR) is 81.1 cm³/mol. The summed E-state index contributed by atoms with van der Waals surface area (Å²) in [5.74, 6) is -0.375. The minimum atomic E-state index is -0.514. The summed E-state index contributed by atoms with van der Waals surface area (Å²) < 4.78 is 1.71. The Morgan fingerprint density at radius 1 is 1.33 bits per heavy atom. The molecule has 2 aromatic rings. The molecule has 6 nitrogen and oxygen atoms in total. The third-order valence-electron chi connectivity index (χ3n) is 3.00. The Morgan fingerprint density at radius 2 is 2.00 bits per heavy atom. The lowest BCUT2D eigenvalue weighted by atomic mass is 10.1. The zero-order valence-corrected chi connectivity index (χ0v) is 12.9. The van der Waals surface area contributed by atoms with Gasteiger partial charge < -0.3 is 5.11 Å². The maximum Gasteiger partial charge on any atom is 0.281 e. The van der Waals surface area contributed by atoms with E-state index in [2.05, 4.69) is 26.2 Å². The lowest BCUT2D eigenvalue weighted by molar-refractivity contribution is 0.421. The van der Waals surface area contributed by atoms with E-state index in [0.717, 1.165) is 9.04 Å². The molecule has 0 fully saturated rings. The van der Waals surface area contributed by atoms with E-state index in [9.17, 15) is 9.90 Å². The second-order valence-corrected chi connectivity index (χ2v) is 5.15. The molecule has 1 aromatic carbocycles. The number of nitriles is 1. The first-order valence-electron chi connectivity index (χ1n) is 5.96. The number of hydrogen-bond acceptors (Lipinski definition) is 5. The molecule has 0 atom stereocenters. The molecule has 1 aromatic heterocycles. The van der Waals surface area contributed by atoms with Gasteiger partial charge in [0.05, 0.1) is 5.69 Å². The van der Waals surface area contributed by atoms with Gasteiger partial charge in [-0.25, -0.2) is 0 Å². The van der Waals surface area contributed by atoms with Crippen molar-refractivity contribution < 1.29 is 5.11 Å². The molecule has 1 heterocycles. The summed E-state index contributed by atoms with van der Waals surface area (Å²) in [5.41, 5.74) is 0.389. The van der Waals surface area contributed by atoms with Crippen LogP contribution < -0.4 is 5.56 Å². The van der Waals surface area contributed by atoms with Crippen molar-refractivity contribution in [2.24, 2.45) is 17.3 Å². The molecular weight excluding hydrogens is 336 g/mol. The van der Waals surface area contributed by atoms with Crippen LogP contribution in [0.4, 0.5) is 11.4 Å². The molecule has 7 heteroatoms. The summed E-state index contributed by atoms with van der Waals surface area (Å²) in [6, 6.07) is 9.03. The number of halogens is 1. The van der Waals surface area contributed by atoms with Crippen LogP contribution in [0.5, 0.6) is 5.88 Å². The van der Waals surface area contributed by atoms with Crippen LogP contribution in [0.3, 0.4) is 0 Å². The molecule has 1 N–H and O–H groups in total. The quantitative estimate of drug-likeness (QED) is 0.844. The molecule has 0 bridgehead atoms. The molecule has 0 aliphatic carbocycles. The molecule has 106 valence electrons. The van der Waals surface area contributed by atoms with E-state index < -0.39 is 5.56 Å². The fourth-order valence-corrected chi connectivity index (χ4v) is 2.12. The van der Waals surface area contributed by atoms with Gasteiger partial charge in [0.2, 0.25) is 5.88 Å². The zero-order valence-electron chi connectivity index (χ0n) is 11.3. The summed E-state index contributed by atoms with van der Waals surface area (Å²) in [6.07, 6.45) is 0. The third kappa shape index (κ3) is 2.71. The standard InChI is InChI=1S/C14H11BrN4O2/c1-8-9(7-16)13(20)19(2)14(21)12(8)18-17-11-6-4-3-5-10(11)15/h3-6,20H,1-2H3. The number of nitrogens with zero attached hydrogens (tertiary/aromatic N) is 4. The Balaban J connectivity index is 2.61. The normalized spacial score (nSPS) is 10.8. The van der Waals surface area contributed by atoms with E-state index in [1.54, 1.807) is 25.1 Å². The minimum Gasteiger partial charge on any atom is -0.493 e. The van der Waals surface area contributed by atoms with Crippen molar-refractivity contribution in [2.75, 3.05) is 0 Å². The summed E-state index contributed by atoms with van der Waals surface area (Å²) in [6.45, 7) is 1.55. The second-order valence-electron chi connectivity index (χ2n) is 4.30. The maximum atomic E-state index is 12.1.